The molecule has 2 rings (SSSR count). The van der Waals surface area contributed by atoms with Gasteiger partial charge in [0.1, 0.15) is 11.4 Å². The molecule has 0 spiro atoms. The van der Waals surface area contributed by atoms with Crippen LogP contribution in [0.1, 0.15) is 20.7 Å². The number of benzene rings is 1. The van der Waals surface area contributed by atoms with Crippen molar-refractivity contribution in [2.75, 3.05) is 12.4 Å². The van der Waals surface area contributed by atoms with Crippen LogP contribution in [0, 0.1) is 5.82 Å². The first-order valence-corrected chi connectivity index (χ1v) is 5.86. The molecule has 0 saturated heterocycles. The van der Waals surface area contributed by atoms with Gasteiger partial charge < -0.3 is 15.2 Å². The number of aromatic nitrogens is 1. The number of anilines is 1. The predicted molar refractivity (Wildman–Crippen MR) is 72.1 cm³/mol. The lowest BCUT2D eigenvalue weighted by molar-refractivity contribution is 0.0692. The maximum Gasteiger partial charge on any atom is 0.338 e. The van der Waals surface area contributed by atoms with Crippen LogP contribution in [0.3, 0.4) is 0 Å². The number of halogens is 1. The Hall–Kier alpha value is -2.96. The number of rotatable bonds is 4. The molecule has 0 radical (unpaired) electrons. The number of pyridine rings is 1. The summed E-state index contributed by atoms with van der Waals surface area (Å²) in [7, 11) is 1.38. The maximum atomic E-state index is 13.5. The number of hydrogen-bond acceptors (Lipinski definition) is 4. The van der Waals surface area contributed by atoms with Crippen molar-refractivity contribution in [1.29, 1.82) is 0 Å². The fourth-order valence-corrected chi connectivity index (χ4v) is 1.69. The lowest BCUT2D eigenvalue weighted by Crippen LogP contribution is -2.14. The summed E-state index contributed by atoms with van der Waals surface area (Å²) in [6.45, 7) is 0. The molecule has 1 aromatic heterocycles. The number of nitrogens with zero attached hydrogens (tertiary/aromatic N) is 1. The number of methoxy groups -OCH3 is 1. The Morgan fingerprint density at radius 1 is 1.29 bits per heavy atom. The van der Waals surface area contributed by atoms with Crippen LogP contribution < -0.4 is 10.1 Å². The third-order valence-corrected chi connectivity index (χ3v) is 2.67. The van der Waals surface area contributed by atoms with E-state index in [-0.39, 0.29) is 17.1 Å². The first-order valence-electron chi connectivity index (χ1n) is 5.86. The Balaban J connectivity index is 2.24. The molecule has 0 unspecified atom stereocenters. The minimum atomic E-state index is -1.38. The average molecular weight is 290 g/mol. The highest BCUT2D eigenvalue weighted by Crippen LogP contribution is 2.18. The van der Waals surface area contributed by atoms with Crippen LogP contribution in [0.2, 0.25) is 0 Å². The minimum absolute atomic E-state index is 0.133. The number of carbonyl (C=O) groups excluding carboxylic acids is 1. The Bertz CT molecular complexity index is 703. The smallest absolute Gasteiger partial charge is 0.338 e. The van der Waals surface area contributed by atoms with E-state index in [1.54, 1.807) is 6.07 Å². The van der Waals surface area contributed by atoms with E-state index >= 15 is 0 Å². The van der Waals surface area contributed by atoms with Crippen LogP contribution >= 0.6 is 0 Å². The maximum absolute atomic E-state index is 13.5. The highest BCUT2D eigenvalue weighted by Gasteiger charge is 2.15. The van der Waals surface area contributed by atoms with Gasteiger partial charge in [0.05, 0.1) is 12.7 Å². The molecule has 0 bridgehead atoms. The van der Waals surface area contributed by atoms with Crippen molar-refractivity contribution in [2.24, 2.45) is 0 Å². The van der Waals surface area contributed by atoms with E-state index in [0.29, 0.717) is 0 Å². The minimum Gasteiger partial charge on any atom is -0.480 e. The van der Waals surface area contributed by atoms with E-state index in [0.717, 1.165) is 12.1 Å². The van der Waals surface area contributed by atoms with Crippen molar-refractivity contribution >= 4 is 17.6 Å². The number of ether oxygens (including phenoxy) is 1. The summed E-state index contributed by atoms with van der Waals surface area (Å²) in [5.74, 6) is -2.71. The van der Waals surface area contributed by atoms with Crippen molar-refractivity contribution < 1.29 is 23.8 Å². The molecule has 2 N–H and O–H groups in total. The van der Waals surface area contributed by atoms with Crippen LogP contribution in [0.5, 0.6) is 5.88 Å². The molecule has 7 heteroatoms. The van der Waals surface area contributed by atoms with Crippen LogP contribution in [-0.2, 0) is 0 Å². The fraction of sp³-hybridized carbons (Fsp3) is 0.0714. The van der Waals surface area contributed by atoms with Gasteiger partial charge in [0.25, 0.3) is 5.91 Å². The van der Waals surface area contributed by atoms with Gasteiger partial charge in [-0.15, -0.1) is 0 Å². The average Bonchev–Trinajstić information content (AvgIpc) is 2.46. The second-order valence-corrected chi connectivity index (χ2v) is 4.01. The first-order chi connectivity index (χ1) is 10.0. The molecular weight excluding hydrogens is 279 g/mol. The monoisotopic (exact) mass is 290 g/mol. The van der Waals surface area contributed by atoms with Gasteiger partial charge >= 0.3 is 5.97 Å². The van der Waals surface area contributed by atoms with E-state index < -0.39 is 23.3 Å². The van der Waals surface area contributed by atoms with Crippen LogP contribution in [0.15, 0.2) is 36.5 Å². The molecule has 0 saturated carbocycles. The Morgan fingerprint density at radius 2 is 2.05 bits per heavy atom. The van der Waals surface area contributed by atoms with Crippen LogP contribution in [0.25, 0.3) is 0 Å². The van der Waals surface area contributed by atoms with Gasteiger partial charge in [-0.3, -0.25) is 4.79 Å². The lowest BCUT2D eigenvalue weighted by Gasteiger charge is -2.08. The number of amides is 1. The third-order valence-electron chi connectivity index (χ3n) is 2.67. The molecule has 1 amide bonds. The molecule has 6 nitrogen and oxygen atoms in total. The van der Waals surface area contributed by atoms with Crippen molar-refractivity contribution in [3.8, 4) is 5.88 Å². The molecule has 1 heterocycles. The fourth-order valence-electron chi connectivity index (χ4n) is 1.69. The number of carboxylic acid groups (broad SMARTS) is 1. The molecular formula is C14H11FN2O4. The largest absolute Gasteiger partial charge is 0.480 e. The number of carbonyl (C=O) groups is 2. The van der Waals surface area contributed by atoms with Gasteiger partial charge in [-0.25, -0.2) is 14.2 Å². The first kappa shape index (κ1) is 14.4. The van der Waals surface area contributed by atoms with E-state index in [2.05, 4.69) is 10.3 Å². The summed E-state index contributed by atoms with van der Waals surface area (Å²) in [6.07, 6.45) is 1.47. The predicted octanol–water partition coefficient (Wildman–Crippen LogP) is 2.18. The molecule has 0 fully saturated rings. The van der Waals surface area contributed by atoms with Gasteiger partial charge in [-0.2, -0.15) is 0 Å². The normalized spacial score (nSPS) is 10.0. The molecule has 1 aromatic carbocycles. The standard InChI is InChI=1S/C14H11FN2O4/c1-21-13-10(3-2-6-16-13)12(18)17-8-4-5-9(14(19)20)11(15)7-8/h2-7H,1H3,(H,17,18)(H,19,20). The molecule has 108 valence electrons. The number of carboxylic acids is 1. The second kappa shape index (κ2) is 6.00. The van der Waals surface area contributed by atoms with Gasteiger partial charge in [0, 0.05) is 11.9 Å². The number of hydrogen-bond donors (Lipinski definition) is 2. The van der Waals surface area contributed by atoms with E-state index in [9.17, 15) is 14.0 Å². The van der Waals surface area contributed by atoms with Crippen LogP contribution in [0.4, 0.5) is 10.1 Å². The zero-order valence-corrected chi connectivity index (χ0v) is 11.0. The zero-order valence-electron chi connectivity index (χ0n) is 11.0. The molecule has 2 aromatic rings. The van der Waals surface area contributed by atoms with E-state index in [4.69, 9.17) is 9.84 Å². The molecule has 0 aliphatic heterocycles. The summed E-state index contributed by atoms with van der Waals surface area (Å²) in [5, 5.41) is 11.2. The molecule has 0 atom stereocenters. The highest BCUT2D eigenvalue weighted by atomic mass is 19.1. The van der Waals surface area contributed by atoms with Crippen molar-refractivity contribution in [1.82, 2.24) is 4.98 Å². The SMILES string of the molecule is COc1ncccc1C(=O)Nc1ccc(C(=O)O)c(F)c1. The zero-order chi connectivity index (χ0) is 15.4. The highest BCUT2D eigenvalue weighted by molar-refractivity contribution is 6.06. The van der Waals surface area contributed by atoms with Crippen molar-refractivity contribution in [3.63, 3.8) is 0 Å². The van der Waals surface area contributed by atoms with Gasteiger partial charge in [-0.1, -0.05) is 0 Å². The number of aromatic carboxylic acids is 1. The molecule has 0 aliphatic carbocycles. The summed E-state index contributed by atoms with van der Waals surface area (Å²) in [6, 6.07) is 6.37. The Labute approximate surface area is 119 Å². The third kappa shape index (κ3) is 3.14. The second-order valence-electron chi connectivity index (χ2n) is 4.01. The summed E-state index contributed by atoms with van der Waals surface area (Å²) in [4.78, 5) is 26.6. The quantitative estimate of drug-likeness (QED) is 0.901. The molecule has 21 heavy (non-hydrogen) atoms. The van der Waals surface area contributed by atoms with Gasteiger partial charge in [-0.05, 0) is 30.3 Å². The van der Waals surface area contributed by atoms with Crippen molar-refractivity contribution in [3.05, 3.63) is 53.5 Å². The van der Waals surface area contributed by atoms with Crippen molar-refractivity contribution in [2.45, 2.75) is 0 Å². The van der Waals surface area contributed by atoms with E-state index in [1.165, 1.54) is 25.4 Å². The molecule has 0 aliphatic rings. The van der Waals surface area contributed by atoms with Gasteiger partial charge in [0.2, 0.25) is 5.88 Å². The van der Waals surface area contributed by atoms with Crippen LogP contribution in [-0.4, -0.2) is 29.1 Å². The summed E-state index contributed by atoms with van der Waals surface area (Å²) < 4.78 is 18.5. The topological polar surface area (TPSA) is 88.5 Å². The Morgan fingerprint density at radius 3 is 2.67 bits per heavy atom. The Kier molecular flexibility index (Phi) is 4.13. The lowest BCUT2D eigenvalue weighted by atomic mass is 10.2. The van der Waals surface area contributed by atoms with Gasteiger partial charge in [0.15, 0.2) is 0 Å². The van der Waals surface area contributed by atoms with E-state index in [1.807, 2.05) is 0 Å². The summed E-state index contributed by atoms with van der Waals surface area (Å²) in [5.41, 5.74) is -0.150. The summed E-state index contributed by atoms with van der Waals surface area (Å²) >= 11 is 0. The number of nitrogens with one attached hydrogen (secondary N) is 1.